The van der Waals surface area contributed by atoms with Crippen molar-refractivity contribution < 1.29 is 9.53 Å². The number of hydrogen-bond acceptors (Lipinski definition) is 6. The first kappa shape index (κ1) is 14.4. The normalized spacial score (nSPS) is 18.7. The van der Waals surface area contributed by atoms with Gasteiger partial charge in [-0.2, -0.15) is 9.97 Å². The second-order valence-corrected chi connectivity index (χ2v) is 5.02. The molecule has 0 radical (unpaired) electrons. The van der Waals surface area contributed by atoms with Crippen LogP contribution in [0.5, 0.6) is 5.88 Å². The molecule has 1 amide bonds. The molecule has 1 aliphatic heterocycles. The molecule has 0 aromatic carbocycles. The van der Waals surface area contributed by atoms with E-state index in [-0.39, 0.29) is 11.9 Å². The highest BCUT2D eigenvalue weighted by Crippen LogP contribution is 2.24. The third-order valence-electron chi connectivity index (χ3n) is 3.40. The Morgan fingerprint density at radius 2 is 2.40 bits per heavy atom. The van der Waals surface area contributed by atoms with E-state index in [2.05, 4.69) is 20.2 Å². The number of methoxy groups -OCH3 is 1. The molecule has 2 rings (SSSR count). The number of nitrogens with two attached hydrogens (primary N) is 1. The summed E-state index contributed by atoms with van der Waals surface area (Å²) in [6.45, 7) is 4.01. The lowest BCUT2D eigenvalue weighted by Gasteiger charge is -2.33. The Morgan fingerprint density at radius 1 is 1.60 bits per heavy atom. The van der Waals surface area contributed by atoms with Crippen molar-refractivity contribution in [2.75, 3.05) is 37.4 Å². The molecule has 1 atom stereocenters. The minimum absolute atomic E-state index is 0.00933. The molecule has 0 aliphatic carbocycles. The summed E-state index contributed by atoms with van der Waals surface area (Å²) in [6, 6.07) is 1.79. The van der Waals surface area contributed by atoms with E-state index in [0.717, 1.165) is 31.7 Å². The molecule has 1 fully saturated rings. The minimum atomic E-state index is 0.00933. The quantitative estimate of drug-likeness (QED) is 0.829. The molecule has 1 saturated heterocycles. The number of aromatic nitrogens is 2. The fourth-order valence-electron chi connectivity index (χ4n) is 2.42. The van der Waals surface area contributed by atoms with Crippen LogP contribution in [0.15, 0.2) is 6.07 Å². The average molecular weight is 279 g/mol. The van der Waals surface area contributed by atoms with Crippen LogP contribution in [0, 0.1) is 5.92 Å². The van der Waals surface area contributed by atoms with Crippen molar-refractivity contribution in [1.82, 2.24) is 15.3 Å². The number of nitrogens with one attached hydrogen (secondary N) is 1. The van der Waals surface area contributed by atoms with Crippen LogP contribution in [0.4, 0.5) is 11.8 Å². The summed E-state index contributed by atoms with van der Waals surface area (Å²) in [5, 5.41) is 2.87. The van der Waals surface area contributed by atoms with Crippen molar-refractivity contribution in [3.8, 4) is 5.88 Å². The van der Waals surface area contributed by atoms with Gasteiger partial charge in [-0.05, 0) is 18.8 Å². The Bertz CT molecular complexity index is 480. The van der Waals surface area contributed by atoms with Crippen molar-refractivity contribution in [3.05, 3.63) is 6.07 Å². The lowest BCUT2D eigenvalue weighted by Crippen LogP contribution is -2.41. The summed E-state index contributed by atoms with van der Waals surface area (Å²) in [6.07, 6.45) is 2.17. The molecular formula is C13H21N5O2. The molecule has 1 aromatic rings. The fourth-order valence-corrected chi connectivity index (χ4v) is 2.42. The summed E-state index contributed by atoms with van der Waals surface area (Å²) in [5.41, 5.74) is 5.69. The van der Waals surface area contributed by atoms with E-state index >= 15 is 0 Å². The Morgan fingerprint density at radius 3 is 3.10 bits per heavy atom. The van der Waals surface area contributed by atoms with Gasteiger partial charge in [0.25, 0.3) is 0 Å². The number of carbonyl (C=O) groups excluding carboxylic acids is 1. The van der Waals surface area contributed by atoms with Gasteiger partial charge in [0.2, 0.25) is 17.7 Å². The first-order valence-electron chi connectivity index (χ1n) is 6.76. The van der Waals surface area contributed by atoms with Gasteiger partial charge in [-0.3, -0.25) is 4.79 Å². The van der Waals surface area contributed by atoms with Gasteiger partial charge < -0.3 is 20.7 Å². The van der Waals surface area contributed by atoms with E-state index in [0.29, 0.717) is 18.3 Å². The first-order chi connectivity index (χ1) is 9.58. The molecule has 1 unspecified atom stereocenters. The molecule has 7 nitrogen and oxygen atoms in total. The highest BCUT2D eigenvalue weighted by atomic mass is 16.5. The van der Waals surface area contributed by atoms with Gasteiger partial charge in [-0.15, -0.1) is 0 Å². The number of carbonyl (C=O) groups is 1. The zero-order chi connectivity index (χ0) is 14.5. The zero-order valence-electron chi connectivity index (χ0n) is 11.9. The monoisotopic (exact) mass is 279 g/mol. The summed E-state index contributed by atoms with van der Waals surface area (Å²) in [5.74, 6) is 1.90. The fraction of sp³-hybridized carbons (Fsp3) is 0.615. The van der Waals surface area contributed by atoms with Crippen LogP contribution in [-0.4, -0.2) is 42.6 Å². The van der Waals surface area contributed by atoms with Crippen LogP contribution in [0.25, 0.3) is 0 Å². The molecule has 110 valence electrons. The number of nitrogens with zero attached hydrogens (tertiary/aromatic N) is 3. The van der Waals surface area contributed by atoms with E-state index in [9.17, 15) is 4.79 Å². The SMILES string of the molecule is COc1cc(N2CCCC(CNC(C)=O)C2)nc(N)n1. The average Bonchev–Trinajstić information content (AvgIpc) is 2.44. The number of ether oxygens (including phenoxy) is 1. The lowest BCUT2D eigenvalue weighted by atomic mass is 9.98. The Kier molecular flexibility index (Phi) is 4.60. The van der Waals surface area contributed by atoms with Gasteiger partial charge in [0.05, 0.1) is 7.11 Å². The predicted molar refractivity (Wildman–Crippen MR) is 76.6 cm³/mol. The number of anilines is 2. The van der Waals surface area contributed by atoms with Crippen LogP contribution < -0.4 is 20.7 Å². The highest BCUT2D eigenvalue weighted by molar-refractivity contribution is 5.72. The molecule has 0 saturated carbocycles. The Hall–Kier alpha value is -2.05. The molecule has 3 N–H and O–H groups in total. The topological polar surface area (TPSA) is 93.4 Å². The van der Waals surface area contributed by atoms with Gasteiger partial charge in [0.15, 0.2) is 0 Å². The second kappa shape index (κ2) is 6.40. The highest BCUT2D eigenvalue weighted by Gasteiger charge is 2.22. The molecule has 20 heavy (non-hydrogen) atoms. The van der Waals surface area contributed by atoms with Crippen LogP contribution in [0.1, 0.15) is 19.8 Å². The zero-order valence-corrected chi connectivity index (χ0v) is 11.9. The number of nitrogen functional groups attached to an aromatic ring is 1. The van der Waals surface area contributed by atoms with Crippen molar-refractivity contribution in [2.45, 2.75) is 19.8 Å². The van der Waals surface area contributed by atoms with Crippen LogP contribution in [0.3, 0.4) is 0 Å². The number of piperidine rings is 1. The Balaban J connectivity index is 2.04. The maximum Gasteiger partial charge on any atom is 0.225 e. The number of amides is 1. The molecule has 0 spiro atoms. The Labute approximate surface area is 118 Å². The van der Waals surface area contributed by atoms with E-state index in [1.165, 1.54) is 6.92 Å². The molecular weight excluding hydrogens is 258 g/mol. The lowest BCUT2D eigenvalue weighted by molar-refractivity contribution is -0.119. The standard InChI is InChI=1S/C13H21N5O2/c1-9(19)15-7-10-4-3-5-18(8-10)11-6-12(20-2)17-13(14)16-11/h6,10H,3-5,7-8H2,1-2H3,(H,15,19)(H2,14,16,17). The van der Waals surface area contributed by atoms with E-state index in [1.807, 2.05) is 0 Å². The smallest absolute Gasteiger partial charge is 0.225 e. The van der Waals surface area contributed by atoms with Crippen LogP contribution >= 0.6 is 0 Å². The van der Waals surface area contributed by atoms with Gasteiger partial charge in [0.1, 0.15) is 5.82 Å². The molecule has 0 bridgehead atoms. The first-order valence-corrected chi connectivity index (χ1v) is 6.76. The van der Waals surface area contributed by atoms with Gasteiger partial charge in [-0.25, -0.2) is 0 Å². The molecule has 2 heterocycles. The predicted octanol–water partition coefficient (Wildman–Crippen LogP) is 0.420. The summed E-state index contributed by atoms with van der Waals surface area (Å²) >= 11 is 0. The number of rotatable bonds is 4. The third-order valence-corrected chi connectivity index (χ3v) is 3.40. The van der Waals surface area contributed by atoms with Crippen molar-refractivity contribution in [2.24, 2.45) is 5.92 Å². The summed E-state index contributed by atoms with van der Waals surface area (Å²) in [7, 11) is 1.56. The van der Waals surface area contributed by atoms with E-state index in [4.69, 9.17) is 10.5 Å². The largest absolute Gasteiger partial charge is 0.481 e. The third kappa shape index (κ3) is 3.72. The van der Waals surface area contributed by atoms with Crippen molar-refractivity contribution in [3.63, 3.8) is 0 Å². The van der Waals surface area contributed by atoms with Gasteiger partial charge >= 0.3 is 0 Å². The van der Waals surface area contributed by atoms with Crippen LogP contribution in [0.2, 0.25) is 0 Å². The summed E-state index contributed by atoms with van der Waals surface area (Å²) < 4.78 is 5.12. The maximum atomic E-state index is 11.0. The summed E-state index contributed by atoms with van der Waals surface area (Å²) in [4.78, 5) is 21.4. The second-order valence-electron chi connectivity index (χ2n) is 5.02. The molecule has 7 heteroatoms. The van der Waals surface area contributed by atoms with E-state index in [1.54, 1.807) is 13.2 Å². The molecule has 1 aromatic heterocycles. The number of hydrogen-bond donors (Lipinski definition) is 2. The minimum Gasteiger partial charge on any atom is -0.481 e. The maximum absolute atomic E-state index is 11.0. The molecule has 1 aliphatic rings. The van der Waals surface area contributed by atoms with Gasteiger partial charge in [-0.1, -0.05) is 0 Å². The van der Waals surface area contributed by atoms with E-state index < -0.39 is 0 Å². The van der Waals surface area contributed by atoms with Gasteiger partial charge in [0, 0.05) is 32.6 Å². The van der Waals surface area contributed by atoms with Crippen molar-refractivity contribution in [1.29, 1.82) is 0 Å². The van der Waals surface area contributed by atoms with Crippen LogP contribution in [-0.2, 0) is 4.79 Å². The van der Waals surface area contributed by atoms with Crippen molar-refractivity contribution >= 4 is 17.7 Å².